The van der Waals surface area contributed by atoms with E-state index >= 15 is 0 Å². The summed E-state index contributed by atoms with van der Waals surface area (Å²) in [4.78, 5) is 0. The van der Waals surface area contributed by atoms with E-state index in [9.17, 15) is 0 Å². The molecule has 1 heteroatoms. The van der Waals surface area contributed by atoms with Gasteiger partial charge in [-0.3, -0.25) is 0 Å². The van der Waals surface area contributed by atoms with Crippen LogP contribution in [0.5, 0.6) is 0 Å². The standard InChI is InChI=1S/2C28H20.Sn/c2*1-5-13-23(14-6-1)21-27(25-17-9-3-10-18-25)28(26-19-11-4-12-20-26)22-24-15-7-2-8-16-24;/h2*1-20H;. The number of allylic oxidation sites excluding steroid dienone is 4. The summed E-state index contributed by atoms with van der Waals surface area (Å²) in [6.45, 7) is 0. The zero-order valence-corrected chi connectivity index (χ0v) is 34.4. The molecule has 8 aromatic carbocycles. The number of benzene rings is 8. The minimum absolute atomic E-state index is 1.24. The van der Waals surface area contributed by atoms with Gasteiger partial charge in [-0.25, -0.2) is 0 Å². The molecule has 0 aromatic heterocycles. The van der Waals surface area contributed by atoms with Crippen LogP contribution in [0.15, 0.2) is 243 Å². The second-order valence-electron chi connectivity index (χ2n) is 14.7. The molecule has 0 atom stereocenters. The van der Waals surface area contributed by atoms with E-state index in [1.807, 2.05) is 0 Å². The SMILES string of the molecule is c1ccc(C2=[C](c3ccccc3)[Sn]3([C](c4ccccc4)=C2c2ccccc2)[C](c2ccccc2)=C(c2ccccc2)C(c2ccccc2)=[C]3c2ccccc2)cc1. The summed E-state index contributed by atoms with van der Waals surface area (Å²) in [5, 5.41) is 0. The van der Waals surface area contributed by atoms with Crippen LogP contribution in [0.2, 0.25) is 0 Å². The van der Waals surface area contributed by atoms with Crippen LogP contribution in [0.4, 0.5) is 0 Å². The molecule has 0 nitrogen and oxygen atoms in total. The molecule has 0 unspecified atom stereocenters. The maximum atomic E-state index is 2.38. The number of rotatable bonds is 8. The van der Waals surface area contributed by atoms with Crippen molar-refractivity contribution in [3.05, 3.63) is 287 Å². The Morgan fingerprint density at radius 1 is 0.158 bits per heavy atom. The van der Waals surface area contributed by atoms with Crippen LogP contribution in [0.25, 0.3) is 36.6 Å². The van der Waals surface area contributed by atoms with Crippen LogP contribution in [-0.4, -0.2) is 18.4 Å². The van der Waals surface area contributed by atoms with E-state index in [-0.39, 0.29) is 0 Å². The van der Waals surface area contributed by atoms with E-state index in [1.54, 1.807) is 0 Å². The quantitative estimate of drug-likeness (QED) is 0.134. The van der Waals surface area contributed by atoms with Crippen molar-refractivity contribution in [1.82, 2.24) is 0 Å². The summed E-state index contributed by atoms with van der Waals surface area (Å²) in [6, 6.07) is 90.4. The molecule has 57 heavy (non-hydrogen) atoms. The summed E-state index contributed by atoms with van der Waals surface area (Å²) in [6.07, 6.45) is 0. The molecule has 0 saturated heterocycles. The zero-order chi connectivity index (χ0) is 38.0. The molecule has 268 valence electrons. The van der Waals surface area contributed by atoms with Gasteiger partial charge in [-0.2, -0.15) is 0 Å². The maximum absolute atomic E-state index is 4.75. The van der Waals surface area contributed by atoms with Gasteiger partial charge in [0.25, 0.3) is 0 Å². The average Bonchev–Trinajstić information content (AvgIpc) is 3.79. The van der Waals surface area contributed by atoms with Crippen molar-refractivity contribution < 1.29 is 0 Å². The van der Waals surface area contributed by atoms with Crippen LogP contribution >= 0.6 is 0 Å². The fourth-order valence-corrected chi connectivity index (χ4v) is 27.9. The van der Waals surface area contributed by atoms with E-state index in [0.717, 1.165) is 0 Å². The van der Waals surface area contributed by atoms with Crippen molar-refractivity contribution in [3.63, 3.8) is 0 Å². The van der Waals surface area contributed by atoms with E-state index in [2.05, 4.69) is 243 Å². The molecule has 0 saturated carbocycles. The molecule has 2 aliphatic heterocycles. The van der Waals surface area contributed by atoms with Gasteiger partial charge in [-0.05, 0) is 0 Å². The molecule has 0 fully saturated rings. The van der Waals surface area contributed by atoms with E-state index < -0.39 is 18.4 Å². The third-order valence-corrected chi connectivity index (χ3v) is 26.2. The summed E-state index contributed by atoms with van der Waals surface area (Å²) in [5.41, 5.74) is 15.5. The van der Waals surface area contributed by atoms with Crippen molar-refractivity contribution in [1.29, 1.82) is 0 Å². The van der Waals surface area contributed by atoms with Crippen LogP contribution in [-0.2, 0) is 0 Å². The Hall–Kier alpha value is -6.48. The fourth-order valence-electron chi connectivity index (χ4n) is 9.44. The Balaban J connectivity index is 1.56. The number of hydrogen-bond acceptors (Lipinski definition) is 0. The first-order valence-electron chi connectivity index (χ1n) is 19.8. The van der Waals surface area contributed by atoms with Crippen LogP contribution in [0.1, 0.15) is 44.5 Å². The normalized spacial score (nSPS) is 14.9. The number of hydrogen-bond donors (Lipinski definition) is 0. The van der Waals surface area contributed by atoms with Gasteiger partial charge >= 0.3 is 342 Å². The fraction of sp³-hybridized carbons (Fsp3) is 0. The van der Waals surface area contributed by atoms with E-state index in [0.29, 0.717) is 0 Å². The second kappa shape index (κ2) is 15.2. The molecular formula is C56H40Sn. The molecule has 0 radical (unpaired) electrons. The van der Waals surface area contributed by atoms with Crippen molar-refractivity contribution in [2.24, 2.45) is 0 Å². The van der Waals surface area contributed by atoms with Gasteiger partial charge in [0, 0.05) is 0 Å². The molecule has 2 aliphatic rings. The molecule has 0 aliphatic carbocycles. The van der Waals surface area contributed by atoms with Crippen LogP contribution < -0.4 is 0 Å². The Morgan fingerprint density at radius 2 is 0.298 bits per heavy atom. The molecular weight excluding hydrogens is 791 g/mol. The first-order valence-corrected chi connectivity index (χ1v) is 25.5. The van der Waals surface area contributed by atoms with Gasteiger partial charge in [-0.1, -0.05) is 0 Å². The molecule has 8 aromatic rings. The van der Waals surface area contributed by atoms with Crippen LogP contribution in [0, 0.1) is 0 Å². The second-order valence-corrected chi connectivity index (χ2v) is 24.7. The monoisotopic (exact) mass is 832 g/mol. The van der Waals surface area contributed by atoms with Gasteiger partial charge in [-0.15, -0.1) is 0 Å². The molecule has 1 spiro atoms. The summed E-state index contributed by atoms with van der Waals surface area (Å²) >= 11 is -4.75. The molecule has 0 bridgehead atoms. The first kappa shape index (κ1) is 35.0. The van der Waals surface area contributed by atoms with E-state index in [4.69, 9.17) is 0 Å². The molecule has 2 heterocycles. The summed E-state index contributed by atoms with van der Waals surface area (Å²) in [7, 11) is 0. The minimum atomic E-state index is -4.75. The predicted molar refractivity (Wildman–Crippen MR) is 245 cm³/mol. The topological polar surface area (TPSA) is 0 Å². The summed E-state index contributed by atoms with van der Waals surface area (Å²) in [5.74, 6) is 0. The Morgan fingerprint density at radius 3 is 0.456 bits per heavy atom. The molecule has 10 rings (SSSR count). The van der Waals surface area contributed by atoms with Crippen molar-refractivity contribution in [2.45, 2.75) is 0 Å². The third-order valence-electron chi connectivity index (χ3n) is 11.5. The van der Waals surface area contributed by atoms with Crippen molar-refractivity contribution in [3.8, 4) is 0 Å². The Kier molecular flexibility index (Phi) is 9.34. The summed E-state index contributed by atoms with van der Waals surface area (Å²) < 4.78 is 5.97. The Labute approximate surface area is 340 Å². The van der Waals surface area contributed by atoms with Crippen molar-refractivity contribution in [2.75, 3.05) is 0 Å². The van der Waals surface area contributed by atoms with E-state index in [1.165, 1.54) is 81.2 Å². The van der Waals surface area contributed by atoms with Gasteiger partial charge < -0.3 is 0 Å². The molecule has 0 amide bonds. The Bertz CT molecular complexity index is 2400. The third kappa shape index (κ3) is 5.91. The van der Waals surface area contributed by atoms with Gasteiger partial charge in [0.2, 0.25) is 0 Å². The molecule has 0 N–H and O–H groups in total. The van der Waals surface area contributed by atoms with Crippen molar-refractivity contribution >= 4 is 55.0 Å². The van der Waals surface area contributed by atoms with Gasteiger partial charge in [0.05, 0.1) is 0 Å². The average molecular weight is 832 g/mol. The van der Waals surface area contributed by atoms with Crippen LogP contribution in [0.3, 0.4) is 0 Å². The predicted octanol–water partition coefficient (Wildman–Crippen LogP) is 14.1. The first-order chi connectivity index (χ1) is 28.4. The van der Waals surface area contributed by atoms with Gasteiger partial charge in [0.1, 0.15) is 0 Å². The van der Waals surface area contributed by atoms with Gasteiger partial charge in [0.15, 0.2) is 0 Å². The zero-order valence-electron chi connectivity index (χ0n) is 31.6.